The molecule has 0 aliphatic heterocycles. The van der Waals surface area contributed by atoms with Crippen LogP contribution in [0.5, 0.6) is 0 Å². The van der Waals surface area contributed by atoms with E-state index >= 15 is 0 Å². The highest BCUT2D eigenvalue weighted by atomic mass is 32.2. The zero-order chi connectivity index (χ0) is 14.9. The largest absolute Gasteiger partial charge is 0.481 e. The summed E-state index contributed by atoms with van der Waals surface area (Å²) >= 11 is 1.33. The van der Waals surface area contributed by atoms with Gasteiger partial charge in [-0.05, 0) is 18.8 Å². The van der Waals surface area contributed by atoms with Crippen LogP contribution in [0.1, 0.15) is 58.7 Å². The molecule has 4 nitrogen and oxygen atoms in total. The van der Waals surface area contributed by atoms with Gasteiger partial charge in [0.15, 0.2) is 5.16 Å². The van der Waals surface area contributed by atoms with Gasteiger partial charge in [-0.3, -0.25) is 4.79 Å². The summed E-state index contributed by atoms with van der Waals surface area (Å²) < 4.78 is 2.31. The number of nitrogens with zero attached hydrogens (tertiary/aromatic N) is 2. The molecular formula is C15H24N2O2S. The molecule has 0 spiro atoms. The lowest BCUT2D eigenvalue weighted by Gasteiger charge is -2.28. The Morgan fingerprint density at radius 1 is 1.50 bits per heavy atom. The number of carboxylic acids is 1. The predicted molar refractivity (Wildman–Crippen MR) is 81.3 cm³/mol. The molecule has 1 N–H and O–H groups in total. The molecule has 2 unspecified atom stereocenters. The van der Waals surface area contributed by atoms with Gasteiger partial charge in [-0.15, -0.1) is 0 Å². The summed E-state index contributed by atoms with van der Waals surface area (Å²) in [4.78, 5) is 15.3. The number of carbonyl (C=O) groups is 1. The summed E-state index contributed by atoms with van der Waals surface area (Å²) in [6.45, 7) is 8.85. The Hall–Kier alpha value is -0.970. The average Bonchev–Trinajstić information content (AvgIpc) is 2.90. The molecule has 2 atom stereocenters. The summed E-state index contributed by atoms with van der Waals surface area (Å²) in [5, 5.41) is 9.75. The zero-order valence-corrected chi connectivity index (χ0v) is 13.5. The molecule has 1 saturated carbocycles. The van der Waals surface area contributed by atoms with Gasteiger partial charge in [0.2, 0.25) is 0 Å². The molecule has 1 aliphatic rings. The lowest BCUT2D eigenvalue weighted by molar-refractivity contribution is -0.133. The lowest BCUT2D eigenvalue weighted by Crippen LogP contribution is -2.23. The number of rotatable bonds is 4. The van der Waals surface area contributed by atoms with Gasteiger partial charge in [0.1, 0.15) is 0 Å². The first-order valence-electron chi connectivity index (χ1n) is 7.23. The molecule has 1 aliphatic carbocycles. The minimum absolute atomic E-state index is 0.0251. The number of hydrogen-bond donors (Lipinski definition) is 1. The first-order valence-corrected chi connectivity index (χ1v) is 8.21. The molecule has 1 heterocycles. The van der Waals surface area contributed by atoms with Crippen molar-refractivity contribution < 1.29 is 9.90 Å². The highest BCUT2D eigenvalue weighted by Crippen LogP contribution is 2.41. The van der Waals surface area contributed by atoms with Gasteiger partial charge in [0.25, 0.3) is 0 Å². The van der Waals surface area contributed by atoms with E-state index in [1.807, 2.05) is 6.20 Å². The van der Waals surface area contributed by atoms with Crippen LogP contribution in [0.25, 0.3) is 0 Å². The molecule has 1 aromatic heterocycles. The Kier molecular flexibility index (Phi) is 4.47. The highest BCUT2D eigenvalue weighted by Gasteiger charge is 2.32. The SMILES string of the molecule is CC1CCCC1n1c(C(C)(C)C)cnc1SCC(=O)O. The molecule has 0 bridgehead atoms. The fourth-order valence-electron chi connectivity index (χ4n) is 2.96. The van der Waals surface area contributed by atoms with Crippen molar-refractivity contribution >= 4 is 17.7 Å². The van der Waals surface area contributed by atoms with Crippen LogP contribution in [0.3, 0.4) is 0 Å². The van der Waals surface area contributed by atoms with Crippen LogP contribution in [0.15, 0.2) is 11.4 Å². The quantitative estimate of drug-likeness (QED) is 0.860. The van der Waals surface area contributed by atoms with Gasteiger partial charge in [0, 0.05) is 23.3 Å². The molecule has 112 valence electrons. The van der Waals surface area contributed by atoms with Gasteiger partial charge >= 0.3 is 5.97 Å². The van der Waals surface area contributed by atoms with Crippen molar-refractivity contribution in [2.24, 2.45) is 5.92 Å². The molecule has 1 fully saturated rings. The van der Waals surface area contributed by atoms with Crippen molar-refractivity contribution in [3.8, 4) is 0 Å². The van der Waals surface area contributed by atoms with E-state index in [0.29, 0.717) is 12.0 Å². The number of imidazole rings is 1. The van der Waals surface area contributed by atoms with Gasteiger partial charge in [-0.1, -0.05) is 45.9 Å². The third-order valence-electron chi connectivity index (χ3n) is 4.00. The van der Waals surface area contributed by atoms with E-state index in [-0.39, 0.29) is 11.2 Å². The minimum Gasteiger partial charge on any atom is -0.481 e. The van der Waals surface area contributed by atoms with Crippen LogP contribution < -0.4 is 0 Å². The lowest BCUT2D eigenvalue weighted by atomic mass is 9.91. The van der Waals surface area contributed by atoms with Crippen LogP contribution in [0.4, 0.5) is 0 Å². The molecule has 0 amide bonds. The summed E-state index contributed by atoms with van der Waals surface area (Å²) in [7, 11) is 0. The first kappa shape index (κ1) is 15.4. The van der Waals surface area contributed by atoms with E-state index in [0.717, 1.165) is 5.16 Å². The second-order valence-corrected chi connectivity index (χ2v) is 7.65. The third kappa shape index (κ3) is 3.19. The van der Waals surface area contributed by atoms with E-state index < -0.39 is 5.97 Å². The van der Waals surface area contributed by atoms with Crippen molar-refractivity contribution in [1.82, 2.24) is 9.55 Å². The van der Waals surface area contributed by atoms with Crippen LogP contribution in [0.2, 0.25) is 0 Å². The standard InChI is InChI=1S/C15H24N2O2S/c1-10-6-5-7-11(10)17-12(15(2,3)4)8-16-14(17)20-9-13(18)19/h8,10-11H,5-7,9H2,1-4H3,(H,18,19). The maximum Gasteiger partial charge on any atom is 0.313 e. The normalized spacial score (nSPS) is 23.2. The molecule has 0 radical (unpaired) electrons. The Bertz CT molecular complexity index is 491. The fraction of sp³-hybridized carbons (Fsp3) is 0.733. The fourth-order valence-corrected chi connectivity index (χ4v) is 3.71. The molecule has 2 rings (SSSR count). The Morgan fingerprint density at radius 2 is 2.20 bits per heavy atom. The van der Waals surface area contributed by atoms with E-state index in [1.165, 1.54) is 36.7 Å². The number of carboxylic acid groups (broad SMARTS) is 1. The Labute approximate surface area is 125 Å². The van der Waals surface area contributed by atoms with Crippen LogP contribution in [-0.2, 0) is 10.2 Å². The minimum atomic E-state index is -0.790. The monoisotopic (exact) mass is 296 g/mol. The molecule has 20 heavy (non-hydrogen) atoms. The smallest absolute Gasteiger partial charge is 0.313 e. The number of hydrogen-bond acceptors (Lipinski definition) is 3. The van der Waals surface area contributed by atoms with Crippen LogP contribution in [0, 0.1) is 5.92 Å². The number of thioether (sulfide) groups is 1. The van der Waals surface area contributed by atoms with E-state index in [2.05, 4.69) is 37.2 Å². The van der Waals surface area contributed by atoms with Gasteiger partial charge < -0.3 is 9.67 Å². The van der Waals surface area contributed by atoms with Gasteiger partial charge in [0.05, 0.1) is 5.75 Å². The van der Waals surface area contributed by atoms with Crippen LogP contribution in [-0.4, -0.2) is 26.4 Å². The van der Waals surface area contributed by atoms with Crippen LogP contribution >= 0.6 is 11.8 Å². The molecule has 5 heteroatoms. The summed E-state index contributed by atoms with van der Waals surface area (Å²) in [6, 6.07) is 0.461. The number of aromatic nitrogens is 2. The summed E-state index contributed by atoms with van der Waals surface area (Å²) in [5.74, 6) is -0.0855. The third-order valence-corrected chi connectivity index (χ3v) is 4.96. The Balaban J connectivity index is 2.37. The zero-order valence-electron chi connectivity index (χ0n) is 12.7. The predicted octanol–water partition coefficient (Wildman–Crippen LogP) is 3.72. The van der Waals surface area contributed by atoms with Crippen molar-refractivity contribution in [2.75, 3.05) is 5.75 Å². The summed E-state index contributed by atoms with van der Waals surface area (Å²) in [5.41, 5.74) is 1.24. The Morgan fingerprint density at radius 3 is 2.70 bits per heavy atom. The van der Waals surface area contributed by atoms with E-state index in [1.54, 1.807) is 0 Å². The van der Waals surface area contributed by atoms with E-state index in [4.69, 9.17) is 5.11 Å². The van der Waals surface area contributed by atoms with Gasteiger partial charge in [-0.25, -0.2) is 4.98 Å². The summed E-state index contributed by atoms with van der Waals surface area (Å²) in [6.07, 6.45) is 5.59. The maximum atomic E-state index is 10.8. The van der Waals surface area contributed by atoms with Gasteiger partial charge in [-0.2, -0.15) is 0 Å². The maximum absolute atomic E-state index is 10.8. The topological polar surface area (TPSA) is 55.1 Å². The molecular weight excluding hydrogens is 272 g/mol. The average molecular weight is 296 g/mol. The molecule has 0 saturated heterocycles. The highest BCUT2D eigenvalue weighted by molar-refractivity contribution is 7.99. The van der Waals surface area contributed by atoms with Crippen molar-refractivity contribution in [1.29, 1.82) is 0 Å². The van der Waals surface area contributed by atoms with Crippen molar-refractivity contribution in [3.63, 3.8) is 0 Å². The molecule has 0 aromatic carbocycles. The second kappa shape index (κ2) is 5.80. The van der Waals surface area contributed by atoms with E-state index in [9.17, 15) is 4.79 Å². The van der Waals surface area contributed by atoms with Crippen molar-refractivity contribution in [3.05, 3.63) is 11.9 Å². The van der Waals surface area contributed by atoms with Crippen molar-refractivity contribution in [2.45, 2.75) is 63.6 Å². The number of aliphatic carboxylic acids is 1. The first-order chi connectivity index (χ1) is 9.30. The molecule has 1 aromatic rings. The second-order valence-electron chi connectivity index (χ2n) is 6.70.